The van der Waals surface area contributed by atoms with E-state index in [1.54, 1.807) is 0 Å². The van der Waals surface area contributed by atoms with Crippen LogP contribution in [-0.2, 0) is 11.2 Å². The molecule has 3 heteroatoms. The highest BCUT2D eigenvalue weighted by molar-refractivity contribution is 7.99. The topological polar surface area (TPSA) is 29.5 Å². The Balaban J connectivity index is 2.04. The van der Waals surface area contributed by atoms with E-state index in [0.29, 0.717) is 0 Å². The Labute approximate surface area is 101 Å². The summed E-state index contributed by atoms with van der Waals surface area (Å²) in [4.78, 5) is 0. The summed E-state index contributed by atoms with van der Waals surface area (Å²) in [7, 11) is 0. The van der Waals surface area contributed by atoms with E-state index in [2.05, 4.69) is 19.1 Å². The molecule has 1 fully saturated rings. The van der Waals surface area contributed by atoms with Crippen LogP contribution in [0.5, 0.6) is 0 Å². The van der Waals surface area contributed by atoms with Crippen molar-refractivity contribution in [1.29, 1.82) is 0 Å². The van der Waals surface area contributed by atoms with Gasteiger partial charge in [0.15, 0.2) is 0 Å². The summed E-state index contributed by atoms with van der Waals surface area (Å²) in [6.45, 7) is 2.88. The number of ether oxygens (including phenoxy) is 1. The fraction of sp³-hybridized carbons (Fsp3) is 0.538. The van der Waals surface area contributed by atoms with Gasteiger partial charge < -0.3 is 9.84 Å². The normalized spacial score (nSPS) is 23.0. The van der Waals surface area contributed by atoms with Crippen molar-refractivity contribution in [3.8, 4) is 0 Å². The van der Waals surface area contributed by atoms with Gasteiger partial charge in [0, 0.05) is 11.5 Å². The maximum absolute atomic E-state index is 10.2. The SMILES string of the molecule is CCc1ccc(C(O)C2CSCCO2)cc1. The molecule has 1 heterocycles. The first-order valence-electron chi connectivity index (χ1n) is 5.77. The van der Waals surface area contributed by atoms with Crippen molar-refractivity contribution >= 4 is 11.8 Å². The van der Waals surface area contributed by atoms with E-state index in [9.17, 15) is 5.11 Å². The van der Waals surface area contributed by atoms with E-state index < -0.39 is 6.10 Å². The van der Waals surface area contributed by atoms with Gasteiger partial charge in [0.05, 0.1) is 12.7 Å². The third-order valence-electron chi connectivity index (χ3n) is 2.92. The van der Waals surface area contributed by atoms with Crippen molar-refractivity contribution in [2.45, 2.75) is 25.6 Å². The summed E-state index contributed by atoms with van der Waals surface area (Å²) in [5.74, 6) is 1.93. The molecule has 0 saturated carbocycles. The van der Waals surface area contributed by atoms with E-state index in [-0.39, 0.29) is 6.10 Å². The Kier molecular flexibility index (Phi) is 4.27. The van der Waals surface area contributed by atoms with Crippen LogP contribution >= 0.6 is 11.8 Å². The molecular weight excluding hydrogens is 220 g/mol. The summed E-state index contributed by atoms with van der Waals surface area (Å²) >= 11 is 1.85. The second kappa shape index (κ2) is 5.71. The van der Waals surface area contributed by atoms with Gasteiger partial charge >= 0.3 is 0 Å². The predicted octanol–water partition coefficient (Wildman–Crippen LogP) is 2.41. The second-order valence-corrected chi connectivity index (χ2v) is 5.17. The second-order valence-electron chi connectivity index (χ2n) is 4.02. The highest BCUT2D eigenvalue weighted by atomic mass is 32.2. The van der Waals surface area contributed by atoms with Gasteiger partial charge in [-0.25, -0.2) is 0 Å². The summed E-state index contributed by atoms with van der Waals surface area (Å²) in [5.41, 5.74) is 2.26. The van der Waals surface area contributed by atoms with Crippen LogP contribution in [0.1, 0.15) is 24.2 Å². The number of benzene rings is 1. The van der Waals surface area contributed by atoms with Gasteiger partial charge in [0.2, 0.25) is 0 Å². The van der Waals surface area contributed by atoms with Gasteiger partial charge in [0.1, 0.15) is 6.10 Å². The number of aliphatic hydroxyl groups is 1. The average Bonchev–Trinajstić information content (AvgIpc) is 2.39. The summed E-state index contributed by atoms with van der Waals surface area (Å²) < 4.78 is 5.58. The summed E-state index contributed by atoms with van der Waals surface area (Å²) in [6.07, 6.45) is 0.497. The van der Waals surface area contributed by atoms with Gasteiger partial charge in [-0.05, 0) is 17.5 Å². The van der Waals surface area contributed by atoms with E-state index in [1.165, 1.54) is 5.56 Å². The van der Waals surface area contributed by atoms with Crippen LogP contribution in [0.25, 0.3) is 0 Å². The zero-order chi connectivity index (χ0) is 11.4. The van der Waals surface area contributed by atoms with Crippen molar-refractivity contribution in [2.24, 2.45) is 0 Å². The molecule has 0 radical (unpaired) electrons. The molecule has 1 aliphatic heterocycles. The maximum atomic E-state index is 10.2. The molecule has 1 aliphatic rings. The average molecular weight is 238 g/mol. The molecule has 16 heavy (non-hydrogen) atoms. The molecule has 2 unspecified atom stereocenters. The van der Waals surface area contributed by atoms with E-state index >= 15 is 0 Å². The van der Waals surface area contributed by atoms with E-state index in [4.69, 9.17) is 4.74 Å². The minimum atomic E-state index is -0.487. The Morgan fingerprint density at radius 2 is 2.19 bits per heavy atom. The van der Waals surface area contributed by atoms with Crippen LogP contribution in [0.4, 0.5) is 0 Å². The molecule has 0 spiro atoms. The lowest BCUT2D eigenvalue weighted by atomic mass is 10.0. The van der Waals surface area contributed by atoms with Crippen molar-refractivity contribution in [2.75, 3.05) is 18.1 Å². The molecule has 1 saturated heterocycles. The Morgan fingerprint density at radius 3 is 2.75 bits per heavy atom. The zero-order valence-corrected chi connectivity index (χ0v) is 10.4. The monoisotopic (exact) mass is 238 g/mol. The van der Waals surface area contributed by atoms with Crippen molar-refractivity contribution in [1.82, 2.24) is 0 Å². The number of hydrogen-bond donors (Lipinski definition) is 1. The number of aryl methyl sites for hydroxylation is 1. The molecule has 1 aromatic rings. The van der Waals surface area contributed by atoms with Gasteiger partial charge in [-0.2, -0.15) is 11.8 Å². The molecule has 1 aromatic carbocycles. The van der Waals surface area contributed by atoms with Crippen LogP contribution in [-0.4, -0.2) is 29.3 Å². The lowest BCUT2D eigenvalue weighted by molar-refractivity contribution is -0.0227. The van der Waals surface area contributed by atoms with Gasteiger partial charge in [-0.3, -0.25) is 0 Å². The number of hydrogen-bond acceptors (Lipinski definition) is 3. The molecule has 2 atom stereocenters. The molecule has 1 N–H and O–H groups in total. The van der Waals surface area contributed by atoms with Gasteiger partial charge in [-0.1, -0.05) is 31.2 Å². The largest absolute Gasteiger partial charge is 0.386 e. The van der Waals surface area contributed by atoms with Crippen LogP contribution < -0.4 is 0 Å². The van der Waals surface area contributed by atoms with Crippen LogP contribution in [0.15, 0.2) is 24.3 Å². The fourth-order valence-corrected chi connectivity index (χ4v) is 2.75. The fourth-order valence-electron chi connectivity index (χ4n) is 1.85. The summed E-state index contributed by atoms with van der Waals surface area (Å²) in [6, 6.07) is 8.17. The Morgan fingerprint density at radius 1 is 1.44 bits per heavy atom. The first kappa shape index (κ1) is 12.0. The summed E-state index contributed by atoms with van der Waals surface area (Å²) in [5, 5.41) is 10.2. The molecule has 0 bridgehead atoms. The highest BCUT2D eigenvalue weighted by Gasteiger charge is 2.24. The maximum Gasteiger partial charge on any atom is 0.106 e. The molecule has 88 valence electrons. The Hall–Kier alpha value is -0.510. The van der Waals surface area contributed by atoms with Crippen molar-refractivity contribution in [3.05, 3.63) is 35.4 Å². The number of rotatable bonds is 3. The van der Waals surface area contributed by atoms with E-state index in [1.807, 2.05) is 23.9 Å². The highest BCUT2D eigenvalue weighted by Crippen LogP contribution is 2.25. The quantitative estimate of drug-likeness (QED) is 0.877. The lowest BCUT2D eigenvalue weighted by Gasteiger charge is -2.27. The van der Waals surface area contributed by atoms with Crippen LogP contribution in [0.3, 0.4) is 0 Å². The Bertz CT molecular complexity index is 317. The first-order valence-corrected chi connectivity index (χ1v) is 6.93. The third kappa shape index (κ3) is 2.78. The van der Waals surface area contributed by atoms with E-state index in [0.717, 1.165) is 30.1 Å². The van der Waals surface area contributed by atoms with Crippen molar-refractivity contribution in [3.63, 3.8) is 0 Å². The molecule has 0 aromatic heterocycles. The molecule has 0 amide bonds. The predicted molar refractivity (Wildman–Crippen MR) is 67.8 cm³/mol. The minimum absolute atomic E-state index is 0.0498. The molecular formula is C13H18O2S. The van der Waals surface area contributed by atoms with Crippen molar-refractivity contribution < 1.29 is 9.84 Å². The lowest BCUT2D eigenvalue weighted by Crippen LogP contribution is -2.29. The minimum Gasteiger partial charge on any atom is -0.386 e. The zero-order valence-electron chi connectivity index (χ0n) is 9.56. The van der Waals surface area contributed by atoms with Crippen LogP contribution in [0, 0.1) is 0 Å². The first-order chi connectivity index (χ1) is 7.81. The smallest absolute Gasteiger partial charge is 0.106 e. The van der Waals surface area contributed by atoms with Crippen LogP contribution in [0.2, 0.25) is 0 Å². The molecule has 2 nitrogen and oxygen atoms in total. The number of thioether (sulfide) groups is 1. The number of aliphatic hydroxyl groups excluding tert-OH is 1. The standard InChI is InChI=1S/C13H18O2S/c1-2-10-3-5-11(6-4-10)13(14)12-9-16-8-7-15-12/h3-6,12-14H,2,7-9H2,1H3. The van der Waals surface area contributed by atoms with Gasteiger partial charge in [0.25, 0.3) is 0 Å². The third-order valence-corrected chi connectivity index (χ3v) is 3.94. The molecule has 0 aliphatic carbocycles. The molecule has 2 rings (SSSR count). The van der Waals surface area contributed by atoms with Gasteiger partial charge in [-0.15, -0.1) is 0 Å².